The van der Waals surface area contributed by atoms with Gasteiger partial charge >= 0.3 is 6.03 Å². The van der Waals surface area contributed by atoms with Gasteiger partial charge < -0.3 is 20.5 Å². The van der Waals surface area contributed by atoms with Gasteiger partial charge in [-0.3, -0.25) is 0 Å². The predicted molar refractivity (Wildman–Crippen MR) is 100 cm³/mol. The molecule has 3 N–H and O–H groups in total. The van der Waals surface area contributed by atoms with Crippen molar-refractivity contribution in [3.05, 3.63) is 24.0 Å². The normalized spacial score (nSPS) is 14.9. The molecule has 1 saturated carbocycles. The van der Waals surface area contributed by atoms with Crippen LogP contribution in [0.4, 0.5) is 10.5 Å². The van der Waals surface area contributed by atoms with Gasteiger partial charge in [0.25, 0.3) is 0 Å². The molecule has 0 radical (unpaired) electrons. The Morgan fingerprint density at radius 3 is 2.81 bits per heavy atom. The number of nitrogens with one attached hydrogen (secondary N) is 2. The molecule has 3 rings (SSSR count). The van der Waals surface area contributed by atoms with Gasteiger partial charge in [-0.15, -0.1) is 5.10 Å². The van der Waals surface area contributed by atoms with E-state index in [0.717, 1.165) is 18.7 Å². The number of hydrogen-bond acceptors (Lipinski definition) is 6. The number of amides is 2. The van der Waals surface area contributed by atoms with E-state index < -0.39 is 0 Å². The fourth-order valence-electron chi connectivity index (χ4n) is 2.81. The molecule has 2 aromatic rings. The molecule has 1 atom stereocenters. The lowest BCUT2D eigenvalue weighted by Crippen LogP contribution is -2.36. The van der Waals surface area contributed by atoms with Crippen LogP contribution in [0, 0.1) is 11.8 Å². The minimum atomic E-state index is -0.329. The highest BCUT2D eigenvalue weighted by Gasteiger charge is 2.30. The molecule has 0 spiro atoms. The van der Waals surface area contributed by atoms with E-state index in [4.69, 9.17) is 4.74 Å². The number of rotatable bonds is 8. The molecule has 0 bridgehead atoms. The van der Waals surface area contributed by atoms with E-state index in [1.54, 1.807) is 30.0 Å². The summed E-state index contributed by atoms with van der Waals surface area (Å²) in [5.74, 6) is 2.09. The van der Waals surface area contributed by atoms with E-state index in [1.807, 2.05) is 13.8 Å². The fourth-order valence-corrected chi connectivity index (χ4v) is 2.81. The zero-order valence-electron chi connectivity index (χ0n) is 15.8. The molecule has 1 aliphatic carbocycles. The van der Waals surface area contributed by atoms with Crippen LogP contribution >= 0.6 is 0 Å². The molecule has 1 aromatic heterocycles. The summed E-state index contributed by atoms with van der Waals surface area (Å²) in [5.41, 5.74) is 1.28. The van der Waals surface area contributed by atoms with Gasteiger partial charge in [0, 0.05) is 30.7 Å². The summed E-state index contributed by atoms with van der Waals surface area (Å²) >= 11 is 0. The van der Waals surface area contributed by atoms with Crippen molar-refractivity contribution in [3.8, 4) is 11.4 Å². The Labute approximate surface area is 158 Å². The Hall–Kier alpha value is -2.68. The van der Waals surface area contributed by atoms with Crippen molar-refractivity contribution in [2.24, 2.45) is 11.8 Å². The van der Waals surface area contributed by atoms with Crippen LogP contribution in [0.15, 0.2) is 18.2 Å². The van der Waals surface area contributed by atoms with Gasteiger partial charge in [-0.05, 0) is 47.4 Å². The summed E-state index contributed by atoms with van der Waals surface area (Å²) < 4.78 is 7.10. The molecule has 1 unspecified atom stereocenters. The number of hydrogen-bond donors (Lipinski definition) is 3. The number of carbonyl (C=O) groups excluding carboxylic acids is 1. The van der Waals surface area contributed by atoms with E-state index in [0.29, 0.717) is 29.6 Å². The number of benzene rings is 1. The fraction of sp³-hybridized carbons (Fsp3) is 0.556. The van der Waals surface area contributed by atoms with Crippen LogP contribution in [0.25, 0.3) is 5.69 Å². The molecule has 27 heavy (non-hydrogen) atoms. The van der Waals surface area contributed by atoms with Crippen molar-refractivity contribution in [1.29, 1.82) is 0 Å². The van der Waals surface area contributed by atoms with Crippen LogP contribution in [-0.4, -0.2) is 51.6 Å². The summed E-state index contributed by atoms with van der Waals surface area (Å²) in [6.07, 6.45) is 2.15. The predicted octanol–water partition coefficient (Wildman–Crippen LogP) is 1.93. The van der Waals surface area contributed by atoms with Crippen molar-refractivity contribution in [1.82, 2.24) is 25.5 Å². The lowest BCUT2D eigenvalue weighted by atomic mass is 9.97. The van der Waals surface area contributed by atoms with Gasteiger partial charge in [0.1, 0.15) is 11.4 Å². The second kappa shape index (κ2) is 8.34. The van der Waals surface area contributed by atoms with Crippen molar-refractivity contribution in [2.75, 3.05) is 25.6 Å². The number of aromatic nitrogens is 4. The van der Waals surface area contributed by atoms with Crippen LogP contribution < -0.4 is 15.4 Å². The van der Waals surface area contributed by atoms with Crippen molar-refractivity contribution >= 4 is 11.7 Å². The quantitative estimate of drug-likeness (QED) is 0.650. The molecule has 9 nitrogen and oxygen atoms in total. The molecule has 146 valence electrons. The molecule has 9 heteroatoms. The van der Waals surface area contributed by atoms with E-state index >= 15 is 0 Å². The molecule has 0 saturated heterocycles. The summed E-state index contributed by atoms with van der Waals surface area (Å²) in [6, 6.07) is 4.99. The lowest BCUT2D eigenvalue weighted by molar-refractivity contribution is 0.186. The third-order valence-electron chi connectivity index (χ3n) is 4.80. The zero-order valence-corrected chi connectivity index (χ0v) is 15.8. The first kappa shape index (κ1) is 19.1. The van der Waals surface area contributed by atoms with E-state index in [2.05, 4.69) is 26.2 Å². The molecular formula is C18H26N6O3. The highest BCUT2D eigenvalue weighted by molar-refractivity contribution is 5.89. The third-order valence-corrected chi connectivity index (χ3v) is 4.80. The molecule has 1 aromatic carbocycles. The number of ether oxygens (including phenoxy) is 1. The van der Waals surface area contributed by atoms with E-state index in [1.165, 1.54) is 0 Å². The number of nitrogens with zero attached hydrogens (tertiary/aromatic N) is 4. The monoisotopic (exact) mass is 374 g/mol. The average Bonchev–Trinajstić information content (AvgIpc) is 3.38. The molecule has 0 aliphatic heterocycles. The maximum Gasteiger partial charge on any atom is 0.319 e. The highest BCUT2D eigenvalue weighted by atomic mass is 16.5. The smallest absolute Gasteiger partial charge is 0.319 e. The topological polar surface area (TPSA) is 114 Å². The van der Waals surface area contributed by atoms with Crippen molar-refractivity contribution < 1.29 is 14.6 Å². The summed E-state index contributed by atoms with van der Waals surface area (Å²) in [6.45, 7) is 4.47. The van der Waals surface area contributed by atoms with Gasteiger partial charge in [0.05, 0.1) is 7.11 Å². The van der Waals surface area contributed by atoms with E-state index in [9.17, 15) is 9.90 Å². The van der Waals surface area contributed by atoms with Gasteiger partial charge in [-0.2, -0.15) is 4.68 Å². The van der Waals surface area contributed by atoms with E-state index in [-0.39, 0.29) is 24.5 Å². The second-order valence-corrected chi connectivity index (χ2v) is 7.13. The first-order chi connectivity index (χ1) is 13.0. The number of methoxy groups -OCH3 is 1. The summed E-state index contributed by atoms with van der Waals surface area (Å²) in [7, 11) is 1.58. The number of tetrazole rings is 1. The number of aliphatic hydroxyl groups is 1. The molecule has 1 aliphatic rings. The highest BCUT2D eigenvalue weighted by Crippen LogP contribution is 2.40. The average molecular weight is 374 g/mol. The van der Waals surface area contributed by atoms with Crippen LogP contribution in [0.2, 0.25) is 0 Å². The summed E-state index contributed by atoms with van der Waals surface area (Å²) in [5, 5.41) is 27.0. The number of urea groups is 1. The Morgan fingerprint density at radius 1 is 1.41 bits per heavy atom. The maximum atomic E-state index is 12.2. The van der Waals surface area contributed by atoms with Gasteiger partial charge in [0.2, 0.25) is 0 Å². The zero-order chi connectivity index (χ0) is 19.4. The van der Waals surface area contributed by atoms with Gasteiger partial charge in [0.15, 0.2) is 5.82 Å². The molecule has 1 heterocycles. The molecular weight excluding hydrogens is 348 g/mol. The standard InChI is InChI=1S/C18H26N6O3/c1-11(2)13(10-25)9-19-18(26)20-14-6-7-16(27-3)15(8-14)24-17(12-4-5-12)21-22-23-24/h6-8,11-13,25H,4-5,9-10H2,1-3H3,(H2,19,20,26). The Bertz CT molecular complexity index is 787. The van der Waals surface area contributed by atoms with Crippen molar-refractivity contribution in [2.45, 2.75) is 32.6 Å². The third kappa shape index (κ3) is 4.54. The Morgan fingerprint density at radius 2 is 2.19 bits per heavy atom. The second-order valence-electron chi connectivity index (χ2n) is 7.13. The number of aliphatic hydroxyl groups excluding tert-OH is 1. The van der Waals surface area contributed by atoms with Crippen molar-refractivity contribution in [3.63, 3.8) is 0 Å². The first-order valence-corrected chi connectivity index (χ1v) is 9.15. The minimum Gasteiger partial charge on any atom is -0.494 e. The molecule has 2 amide bonds. The lowest BCUT2D eigenvalue weighted by Gasteiger charge is -2.19. The Balaban J connectivity index is 1.73. The van der Waals surface area contributed by atoms with Crippen LogP contribution in [0.3, 0.4) is 0 Å². The summed E-state index contributed by atoms with van der Waals surface area (Å²) in [4.78, 5) is 12.2. The SMILES string of the molecule is COc1ccc(NC(=O)NCC(CO)C(C)C)cc1-n1nnnc1C1CC1. The maximum absolute atomic E-state index is 12.2. The van der Waals surface area contributed by atoms with Gasteiger partial charge in [-0.25, -0.2) is 4.79 Å². The number of anilines is 1. The molecule has 1 fully saturated rings. The van der Waals surface area contributed by atoms with Gasteiger partial charge in [-0.1, -0.05) is 13.8 Å². The van der Waals surface area contributed by atoms with Crippen LogP contribution in [0.5, 0.6) is 5.75 Å². The van der Waals surface area contributed by atoms with Crippen LogP contribution in [-0.2, 0) is 0 Å². The Kier molecular flexibility index (Phi) is 5.90. The first-order valence-electron chi connectivity index (χ1n) is 9.15. The van der Waals surface area contributed by atoms with Crippen LogP contribution in [0.1, 0.15) is 38.4 Å². The largest absolute Gasteiger partial charge is 0.494 e. The minimum absolute atomic E-state index is 0.0181. The number of carbonyl (C=O) groups is 1.